The molecule has 0 aromatic carbocycles. The summed E-state index contributed by atoms with van der Waals surface area (Å²) in [6.45, 7) is 9.90. The van der Waals surface area contributed by atoms with Gasteiger partial charge in [-0.05, 0) is 25.8 Å². The van der Waals surface area contributed by atoms with E-state index in [1.165, 1.54) is 0 Å². The summed E-state index contributed by atoms with van der Waals surface area (Å²) in [4.78, 5) is 12.2. The van der Waals surface area contributed by atoms with E-state index in [1.54, 1.807) is 0 Å². The number of Topliss-reactive ketones (excluding diaryl/α,β-unsaturated/α-hetero) is 1. The number of hydrogen-bond donors (Lipinski definition) is 0. The minimum Gasteiger partial charge on any atom is -0.307 e. The highest BCUT2D eigenvalue weighted by atomic mass is 127. The highest BCUT2D eigenvalue weighted by Crippen LogP contribution is 2.35. The van der Waals surface area contributed by atoms with E-state index in [1.807, 2.05) is 81.9 Å². The quantitative estimate of drug-likeness (QED) is 0.671. The maximum atomic E-state index is 12.2. The molecule has 0 amide bonds. The Labute approximate surface area is 125 Å². The summed E-state index contributed by atoms with van der Waals surface area (Å²) in [5.41, 5.74) is 1.81. The zero-order chi connectivity index (χ0) is 14.1. The molecule has 0 saturated carbocycles. The van der Waals surface area contributed by atoms with Gasteiger partial charge in [-0.15, -0.1) is 0 Å². The predicted octanol–water partition coefficient (Wildman–Crippen LogP) is 4.81. The van der Waals surface area contributed by atoms with Gasteiger partial charge in [0.15, 0.2) is 5.78 Å². The number of rotatable bonds is 4. The second-order valence-corrected chi connectivity index (χ2v) is 4.27. The lowest BCUT2D eigenvalue weighted by molar-refractivity contribution is -0.119. The largest absolute Gasteiger partial charge is 0.307 e. The van der Waals surface area contributed by atoms with E-state index >= 15 is 0 Å². The minimum atomic E-state index is -0.0968. The summed E-state index contributed by atoms with van der Waals surface area (Å²) >= 11 is 1.89. The second kappa shape index (κ2) is 9.50. The van der Waals surface area contributed by atoms with E-state index in [9.17, 15) is 4.79 Å². The van der Waals surface area contributed by atoms with Crippen LogP contribution in [0.1, 0.15) is 41.0 Å². The lowest BCUT2D eigenvalue weighted by atomic mass is 9.98. The third-order valence-corrected chi connectivity index (χ3v) is 3.35. The molecule has 0 N–H and O–H groups in total. The van der Waals surface area contributed by atoms with E-state index in [2.05, 4.69) is 0 Å². The molecule has 1 rings (SSSR count). The molecule has 0 bridgehead atoms. The van der Waals surface area contributed by atoms with Crippen molar-refractivity contribution in [1.82, 2.24) is 0 Å². The van der Waals surface area contributed by atoms with Gasteiger partial charge >= 0.3 is 0 Å². The molecule has 0 aliphatic heterocycles. The lowest BCUT2D eigenvalue weighted by Crippen LogP contribution is -2.21. The fourth-order valence-corrected chi connectivity index (χ4v) is 2.70. The normalized spacial score (nSPS) is 24.0. The van der Waals surface area contributed by atoms with E-state index in [4.69, 9.17) is 3.07 Å². The number of hydrogen-bond acceptors (Lipinski definition) is 2. The summed E-state index contributed by atoms with van der Waals surface area (Å²) in [6.07, 6.45) is 8.43. The fraction of sp³-hybridized carbons (Fsp3) is 0.533. The van der Waals surface area contributed by atoms with E-state index in [0.29, 0.717) is 0 Å². The van der Waals surface area contributed by atoms with Crippen molar-refractivity contribution in [2.75, 3.05) is 0 Å². The number of carbonyl (C=O) groups is 1. The molecule has 2 atom stereocenters. The average Bonchev–Trinajstić information content (AvgIpc) is 2.66. The fourth-order valence-electron chi connectivity index (χ4n) is 2.07. The molecule has 2 unspecified atom stereocenters. The van der Waals surface area contributed by atoms with Gasteiger partial charge in [-0.3, -0.25) is 4.79 Å². The first-order chi connectivity index (χ1) is 8.71. The zero-order valence-corrected chi connectivity index (χ0v) is 14.0. The highest BCUT2D eigenvalue weighted by molar-refractivity contribution is 14.1. The van der Waals surface area contributed by atoms with Gasteiger partial charge in [-0.1, -0.05) is 45.1 Å². The highest BCUT2D eigenvalue weighted by Gasteiger charge is 2.39. The van der Waals surface area contributed by atoms with Crippen LogP contribution in [0.5, 0.6) is 0 Å². The van der Waals surface area contributed by atoms with Gasteiger partial charge < -0.3 is 3.07 Å². The van der Waals surface area contributed by atoms with Gasteiger partial charge in [-0.2, -0.15) is 0 Å². The van der Waals surface area contributed by atoms with Crippen molar-refractivity contribution in [3.63, 3.8) is 0 Å². The molecule has 0 saturated heterocycles. The molecule has 102 valence electrons. The van der Waals surface area contributed by atoms with E-state index < -0.39 is 0 Å². The Morgan fingerprint density at radius 1 is 1.22 bits per heavy atom. The van der Waals surface area contributed by atoms with E-state index in [-0.39, 0.29) is 17.8 Å². The van der Waals surface area contributed by atoms with Crippen molar-refractivity contribution in [2.45, 2.75) is 47.1 Å². The van der Waals surface area contributed by atoms with Crippen LogP contribution in [0.25, 0.3) is 0 Å². The third-order valence-electron chi connectivity index (χ3n) is 2.80. The molecule has 0 heterocycles. The molecule has 0 aromatic heterocycles. The molecule has 0 radical (unpaired) electrons. The summed E-state index contributed by atoms with van der Waals surface area (Å²) in [5.74, 6) is 0.171. The van der Waals surface area contributed by atoms with E-state index in [0.717, 1.165) is 17.6 Å². The lowest BCUT2D eigenvalue weighted by Gasteiger charge is -2.15. The number of allylic oxidation sites excluding steroid dienone is 4. The zero-order valence-electron chi connectivity index (χ0n) is 11.9. The summed E-state index contributed by atoms with van der Waals surface area (Å²) < 4.78 is 5.43. The first kappa shape index (κ1) is 17.6. The molecule has 0 fully saturated rings. The van der Waals surface area contributed by atoms with Crippen LogP contribution in [-0.2, 0) is 7.86 Å². The van der Waals surface area contributed by atoms with Gasteiger partial charge in [0.1, 0.15) is 29.1 Å². The maximum Gasteiger partial charge on any atom is 0.169 e. The van der Waals surface area contributed by atoms with Gasteiger partial charge in [0.2, 0.25) is 0 Å². The Bertz CT molecular complexity index is 354. The molecule has 3 heteroatoms. The minimum absolute atomic E-state index is 0.0331. The van der Waals surface area contributed by atoms with Crippen molar-refractivity contribution >= 4 is 28.8 Å². The van der Waals surface area contributed by atoms with Crippen molar-refractivity contribution in [2.24, 2.45) is 5.92 Å². The first-order valence-electron chi connectivity index (χ1n) is 6.52. The number of halogens is 1. The predicted molar refractivity (Wildman–Crippen MR) is 85.7 cm³/mol. The number of carbonyl (C=O) groups excluding carboxylic acids is 1. The topological polar surface area (TPSA) is 26.3 Å². The molecule has 18 heavy (non-hydrogen) atoms. The third kappa shape index (κ3) is 3.79. The molecular formula is C15H23IO2. The number of ketones is 1. The van der Waals surface area contributed by atoms with Crippen LogP contribution in [0, 0.1) is 5.92 Å². The molecule has 1 aliphatic carbocycles. The Kier molecular flexibility index (Phi) is 9.28. The Hall–Kier alpha value is -0.420. The molecule has 0 spiro atoms. The van der Waals surface area contributed by atoms with Crippen LogP contribution in [0.3, 0.4) is 0 Å². The van der Waals surface area contributed by atoms with Crippen molar-refractivity contribution in [3.05, 3.63) is 35.5 Å². The Balaban J connectivity index is 0.00000137. The van der Waals surface area contributed by atoms with Crippen molar-refractivity contribution in [3.8, 4) is 0 Å². The van der Waals surface area contributed by atoms with Gasteiger partial charge in [-0.25, -0.2) is 0 Å². The maximum absolute atomic E-state index is 12.2. The molecule has 2 nitrogen and oxygen atoms in total. The monoisotopic (exact) mass is 362 g/mol. The van der Waals surface area contributed by atoms with Crippen LogP contribution in [-0.4, -0.2) is 11.9 Å². The second-order valence-electron chi connectivity index (χ2n) is 3.76. The van der Waals surface area contributed by atoms with Gasteiger partial charge in [0.25, 0.3) is 0 Å². The Morgan fingerprint density at radius 2 is 1.78 bits per heavy atom. The van der Waals surface area contributed by atoms with Crippen LogP contribution in [0.4, 0.5) is 0 Å². The van der Waals surface area contributed by atoms with Crippen molar-refractivity contribution < 1.29 is 7.86 Å². The van der Waals surface area contributed by atoms with Crippen LogP contribution in [0.2, 0.25) is 0 Å². The van der Waals surface area contributed by atoms with Gasteiger partial charge in [0.05, 0.1) is 5.92 Å². The van der Waals surface area contributed by atoms with Crippen LogP contribution in [0.15, 0.2) is 35.5 Å². The average molecular weight is 362 g/mol. The van der Waals surface area contributed by atoms with Crippen molar-refractivity contribution in [1.29, 1.82) is 0 Å². The summed E-state index contributed by atoms with van der Waals surface area (Å²) in [6, 6.07) is 0. The van der Waals surface area contributed by atoms with Crippen LogP contribution >= 0.6 is 23.0 Å². The SMILES string of the molecule is C/C=C\C1=C(/C=C\C)C(OI)C(CC)C1=O.CC. The Morgan fingerprint density at radius 3 is 2.17 bits per heavy atom. The summed E-state index contributed by atoms with van der Waals surface area (Å²) in [5, 5.41) is 0. The standard InChI is InChI=1S/C13H17IO2.C2H6/c1-4-7-10-11(8-5-2)13(16-14)9(6-3)12(10)15;1-2/h4-5,7-9,13H,6H2,1-3H3;1-2H3/b7-4-,8-5-;. The van der Waals surface area contributed by atoms with Gasteiger partial charge in [0, 0.05) is 5.57 Å². The molecule has 1 aliphatic rings. The first-order valence-corrected chi connectivity index (χ1v) is 7.40. The summed E-state index contributed by atoms with van der Waals surface area (Å²) in [7, 11) is 0. The smallest absolute Gasteiger partial charge is 0.169 e. The molecular weight excluding hydrogens is 339 g/mol. The van der Waals surface area contributed by atoms with Crippen LogP contribution < -0.4 is 0 Å². The molecule has 0 aromatic rings.